The number of hydrogen-bond donors (Lipinski definition) is 1. The summed E-state index contributed by atoms with van der Waals surface area (Å²) in [6.07, 6.45) is 1.59. The highest BCUT2D eigenvalue weighted by Crippen LogP contribution is 2.20. The van der Waals surface area contributed by atoms with Gasteiger partial charge in [-0.2, -0.15) is 0 Å². The van der Waals surface area contributed by atoms with Gasteiger partial charge in [0.05, 0.1) is 0 Å². The quantitative estimate of drug-likeness (QED) is 0.730. The third kappa shape index (κ3) is 2.96. The predicted octanol–water partition coefficient (Wildman–Crippen LogP) is 3.18. The topological polar surface area (TPSA) is 26.0 Å². The highest BCUT2D eigenvalue weighted by Gasteiger charge is 2.09. The van der Waals surface area contributed by atoms with Crippen molar-refractivity contribution in [2.75, 3.05) is 0 Å². The maximum atomic E-state index is 13.3. The Morgan fingerprint density at radius 2 is 2.14 bits per heavy atom. The van der Waals surface area contributed by atoms with Crippen LogP contribution in [0, 0.1) is 5.82 Å². The lowest BCUT2D eigenvalue weighted by atomic mass is 10.0. The molecular formula is C12H16FN. The standard InChI is InChI=1S/C12H16FN/c1-9(2)7-8-12(14)10-5-3-4-6-11(10)13/h3-6,12H,1,7-8,14H2,2H3. The Morgan fingerprint density at radius 1 is 1.50 bits per heavy atom. The smallest absolute Gasteiger partial charge is 0.127 e. The fourth-order valence-electron chi connectivity index (χ4n) is 1.33. The maximum absolute atomic E-state index is 13.3. The van der Waals surface area contributed by atoms with Gasteiger partial charge >= 0.3 is 0 Å². The normalized spacial score (nSPS) is 12.5. The summed E-state index contributed by atoms with van der Waals surface area (Å²) in [5.41, 5.74) is 7.53. The fraction of sp³-hybridized carbons (Fsp3) is 0.333. The average Bonchev–Trinajstić information content (AvgIpc) is 2.15. The summed E-state index contributed by atoms with van der Waals surface area (Å²) in [5.74, 6) is -0.221. The van der Waals surface area contributed by atoms with Crippen molar-refractivity contribution in [1.82, 2.24) is 0 Å². The van der Waals surface area contributed by atoms with Crippen molar-refractivity contribution in [3.05, 3.63) is 47.8 Å². The van der Waals surface area contributed by atoms with E-state index in [4.69, 9.17) is 5.73 Å². The van der Waals surface area contributed by atoms with Gasteiger partial charge in [0.2, 0.25) is 0 Å². The molecule has 0 aromatic heterocycles. The second kappa shape index (κ2) is 4.91. The number of nitrogens with two attached hydrogens (primary N) is 1. The molecule has 1 nitrogen and oxygen atoms in total. The minimum atomic E-state index is -0.229. The van der Waals surface area contributed by atoms with E-state index < -0.39 is 0 Å². The molecule has 76 valence electrons. The van der Waals surface area contributed by atoms with Gasteiger partial charge in [0.15, 0.2) is 0 Å². The van der Waals surface area contributed by atoms with E-state index >= 15 is 0 Å². The van der Waals surface area contributed by atoms with E-state index in [2.05, 4.69) is 6.58 Å². The van der Waals surface area contributed by atoms with Crippen LogP contribution < -0.4 is 5.73 Å². The number of rotatable bonds is 4. The lowest BCUT2D eigenvalue weighted by molar-refractivity contribution is 0.563. The summed E-state index contributed by atoms with van der Waals surface area (Å²) in [4.78, 5) is 0. The van der Waals surface area contributed by atoms with Crippen LogP contribution in [0.5, 0.6) is 0 Å². The van der Waals surface area contributed by atoms with E-state index in [0.717, 1.165) is 18.4 Å². The van der Waals surface area contributed by atoms with Gasteiger partial charge in [0.25, 0.3) is 0 Å². The molecule has 14 heavy (non-hydrogen) atoms. The van der Waals surface area contributed by atoms with Crippen molar-refractivity contribution in [2.45, 2.75) is 25.8 Å². The Morgan fingerprint density at radius 3 is 2.71 bits per heavy atom. The Kier molecular flexibility index (Phi) is 3.84. The van der Waals surface area contributed by atoms with Crippen LogP contribution in [0.25, 0.3) is 0 Å². The number of benzene rings is 1. The number of allylic oxidation sites excluding steroid dienone is 1. The molecular weight excluding hydrogens is 177 g/mol. The van der Waals surface area contributed by atoms with E-state index in [1.807, 2.05) is 6.92 Å². The molecule has 2 heteroatoms. The summed E-state index contributed by atoms with van der Waals surface area (Å²) in [6.45, 7) is 5.75. The molecule has 1 rings (SSSR count). The van der Waals surface area contributed by atoms with Crippen LogP contribution in [0.1, 0.15) is 31.4 Å². The van der Waals surface area contributed by atoms with Gasteiger partial charge in [0.1, 0.15) is 5.82 Å². The van der Waals surface area contributed by atoms with Crippen molar-refractivity contribution >= 4 is 0 Å². The molecule has 0 aliphatic heterocycles. The minimum absolute atomic E-state index is 0.221. The highest BCUT2D eigenvalue weighted by atomic mass is 19.1. The lowest BCUT2D eigenvalue weighted by Gasteiger charge is -2.12. The Labute approximate surface area is 84.4 Å². The fourth-order valence-corrected chi connectivity index (χ4v) is 1.33. The van der Waals surface area contributed by atoms with Crippen molar-refractivity contribution in [3.63, 3.8) is 0 Å². The van der Waals surface area contributed by atoms with Gasteiger partial charge in [-0.15, -0.1) is 6.58 Å². The van der Waals surface area contributed by atoms with Crippen LogP contribution in [-0.4, -0.2) is 0 Å². The molecule has 1 atom stereocenters. The second-order valence-electron chi connectivity index (χ2n) is 3.62. The van der Waals surface area contributed by atoms with Gasteiger partial charge in [-0.25, -0.2) is 4.39 Å². The first-order valence-corrected chi connectivity index (χ1v) is 4.75. The number of hydrogen-bond acceptors (Lipinski definition) is 1. The van der Waals surface area contributed by atoms with Crippen LogP contribution in [0.2, 0.25) is 0 Å². The molecule has 0 aliphatic carbocycles. The van der Waals surface area contributed by atoms with E-state index in [-0.39, 0.29) is 11.9 Å². The zero-order chi connectivity index (χ0) is 10.6. The van der Waals surface area contributed by atoms with E-state index in [0.29, 0.717) is 5.56 Å². The van der Waals surface area contributed by atoms with E-state index in [9.17, 15) is 4.39 Å². The largest absolute Gasteiger partial charge is 0.324 e. The SMILES string of the molecule is C=C(C)CCC(N)c1ccccc1F. The maximum Gasteiger partial charge on any atom is 0.127 e. The first-order chi connectivity index (χ1) is 6.61. The Balaban J connectivity index is 2.65. The summed E-state index contributed by atoms with van der Waals surface area (Å²) < 4.78 is 13.3. The molecule has 2 N–H and O–H groups in total. The molecule has 1 unspecified atom stereocenters. The van der Waals surface area contributed by atoms with Crippen molar-refractivity contribution in [3.8, 4) is 0 Å². The van der Waals surface area contributed by atoms with Gasteiger partial charge in [-0.3, -0.25) is 0 Å². The third-order valence-corrected chi connectivity index (χ3v) is 2.19. The summed E-state index contributed by atoms with van der Waals surface area (Å²) in [7, 11) is 0. The third-order valence-electron chi connectivity index (χ3n) is 2.19. The molecule has 0 saturated heterocycles. The van der Waals surface area contributed by atoms with Crippen LogP contribution in [-0.2, 0) is 0 Å². The van der Waals surface area contributed by atoms with Gasteiger partial charge in [0, 0.05) is 11.6 Å². The van der Waals surface area contributed by atoms with Crippen molar-refractivity contribution in [1.29, 1.82) is 0 Å². The van der Waals surface area contributed by atoms with Crippen molar-refractivity contribution in [2.24, 2.45) is 5.73 Å². The van der Waals surface area contributed by atoms with Gasteiger partial charge < -0.3 is 5.73 Å². The second-order valence-corrected chi connectivity index (χ2v) is 3.62. The lowest BCUT2D eigenvalue weighted by Crippen LogP contribution is -2.11. The summed E-state index contributed by atoms with van der Waals surface area (Å²) in [6, 6.07) is 6.42. The predicted molar refractivity (Wildman–Crippen MR) is 57.4 cm³/mol. The first-order valence-electron chi connectivity index (χ1n) is 4.75. The molecule has 0 spiro atoms. The van der Waals surface area contributed by atoms with Gasteiger partial charge in [-0.1, -0.05) is 23.8 Å². The molecule has 1 aromatic rings. The van der Waals surface area contributed by atoms with E-state index in [1.54, 1.807) is 18.2 Å². The van der Waals surface area contributed by atoms with Crippen LogP contribution in [0.4, 0.5) is 4.39 Å². The molecule has 0 fully saturated rings. The van der Waals surface area contributed by atoms with Crippen LogP contribution in [0.3, 0.4) is 0 Å². The summed E-state index contributed by atoms with van der Waals surface area (Å²) >= 11 is 0. The molecule has 0 saturated carbocycles. The van der Waals surface area contributed by atoms with Crippen molar-refractivity contribution < 1.29 is 4.39 Å². The molecule has 1 aromatic carbocycles. The van der Waals surface area contributed by atoms with Crippen LogP contribution >= 0.6 is 0 Å². The molecule has 0 heterocycles. The first kappa shape index (κ1) is 10.9. The zero-order valence-corrected chi connectivity index (χ0v) is 8.46. The molecule has 0 aliphatic rings. The average molecular weight is 193 g/mol. The number of halogens is 1. The Hall–Kier alpha value is -1.15. The Bertz CT molecular complexity index is 320. The zero-order valence-electron chi connectivity index (χ0n) is 8.46. The molecule has 0 radical (unpaired) electrons. The van der Waals surface area contributed by atoms with E-state index in [1.165, 1.54) is 6.07 Å². The monoisotopic (exact) mass is 193 g/mol. The van der Waals surface area contributed by atoms with Gasteiger partial charge in [-0.05, 0) is 25.8 Å². The molecule has 0 amide bonds. The minimum Gasteiger partial charge on any atom is -0.324 e. The van der Waals surface area contributed by atoms with Crippen LogP contribution in [0.15, 0.2) is 36.4 Å². The summed E-state index contributed by atoms with van der Waals surface area (Å²) in [5, 5.41) is 0. The highest BCUT2D eigenvalue weighted by molar-refractivity contribution is 5.20. The molecule has 0 bridgehead atoms.